The highest BCUT2D eigenvalue weighted by Crippen LogP contribution is 2.30. The fourth-order valence-electron chi connectivity index (χ4n) is 3.12. The average molecular weight is 265 g/mol. The van der Waals surface area contributed by atoms with Crippen molar-refractivity contribution in [2.75, 3.05) is 25.0 Å². The number of benzene rings is 1. The fraction of sp³-hybridized carbons (Fsp3) is 0.538. The molecule has 102 valence electrons. The number of nitro benzene ring substituents is 1. The van der Waals surface area contributed by atoms with Crippen LogP contribution in [0.25, 0.3) is 0 Å². The van der Waals surface area contributed by atoms with Crippen molar-refractivity contribution in [2.45, 2.75) is 18.9 Å². The van der Waals surface area contributed by atoms with E-state index in [-0.39, 0.29) is 5.69 Å². The second kappa shape index (κ2) is 4.77. The van der Waals surface area contributed by atoms with Crippen molar-refractivity contribution >= 4 is 11.4 Å². The highest BCUT2D eigenvalue weighted by Gasteiger charge is 2.34. The topological polar surface area (TPSA) is 58.4 Å². The van der Waals surface area contributed by atoms with Crippen molar-refractivity contribution in [3.63, 3.8) is 0 Å². The van der Waals surface area contributed by atoms with Crippen LogP contribution >= 0.6 is 0 Å². The maximum absolute atomic E-state index is 13.4. The van der Waals surface area contributed by atoms with Gasteiger partial charge in [0.05, 0.1) is 11.0 Å². The van der Waals surface area contributed by atoms with Gasteiger partial charge < -0.3 is 10.2 Å². The van der Waals surface area contributed by atoms with Gasteiger partial charge in [0.1, 0.15) is 5.82 Å². The van der Waals surface area contributed by atoms with Gasteiger partial charge in [-0.2, -0.15) is 0 Å². The molecule has 6 heteroatoms. The zero-order valence-corrected chi connectivity index (χ0v) is 10.5. The molecule has 0 amide bonds. The summed E-state index contributed by atoms with van der Waals surface area (Å²) in [5, 5.41) is 14.0. The van der Waals surface area contributed by atoms with E-state index in [2.05, 4.69) is 10.2 Å². The highest BCUT2D eigenvalue weighted by atomic mass is 19.1. The van der Waals surface area contributed by atoms with E-state index >= 15 is 0 Å². The number of rotatable bonds is 3. The molecule has 1 aromatic carbocycles. The first-order valence-electron chi connectivity index (χ1n) is 6.56. The smallest absolute Gasteiger partial charge is 0.274 e. The zero-order valence-electron chi connectivity index (χ0n) is 10.5. The lowest BCUT2D eigenvalue weighted by Gasteiger charge is -2.31. The molecule has 2 fully saturated rings. The molecule has 2 aliphatic rings. The van der Waals surface area contributed by atoms with Crippen molar-refractivity contribution in [3.8, 4) is 0 Å². The van der Waals surface area contributed by atoms with E-state index in [0.29, 0.717) is 17.6 Å². The summed E-state index contributed by atoms with van der Waals surface area (Å²) in [5.41, 5.74) is 0.309. The molecule has 2 bridgehead atoms. The molecule has 0 saturated carbocycles. The molecule has 0 aromatic heterocycles. The Morgan fingerprint density at radius 3 is 2.89 bits per heavy atom. The summed E-state index contributed by atoms with van der Waals surface area (Å²) in [6.45, 7) is 3.26. The third kappa shape index (κ3) is 2.53. The first kappa shape index (κ1) is 12.3. The summed E-state index contributed by atoms with van der Waals surface area (Å²) in [5.74, 6) is -0.00312. The Morgan fingerprint density at radius 1 is 1.32 bits per heavy atom. The molecule has 2 heterocycles. The Bertz CT molecular complexity index is 509. The van der Waals surface area contributed by atoms with E-state index in [1.807, 2.05) is 0 Å². The number of non-ortho nitro benzene ring substituents is 1. The summed E-state index contributed by atoms with van der Waals surface area (Å²) in [4.78, 5) is 12.6. The number of nitrogens with one attached hydrogen (secondary N) is 1. The van der Waals surface area contributed by atoms with Crippen LogP contribution in [0.2, 0.25) is 0 Å². The van der Waals surface area contributed by atoms with Crippen LogP contribution in [0.4, 0.5) is 15.8 Å². The lowest BCUT2D eigenvalue weighted by Crippen LogP contribution is -2.39. The summed E-state index contributed by atoms with van der Waals surface area (Å²) >= 11 is 0. The van der Waals surface area contributed by atoms with Crippen LogP contribution in [-0.2, 0) is 0 Å². The van der Waals surface area contributed by atoms with Gasteiger partial charge >= 0.3 is 0 Å². The quantitative estimate of drug-likeness (QED) is 0.672. The second-order valence-electron chi connectivity index (χ2n) is 5.34. The summed E-state index contributed by atoms with van der Waals surface area (Å²) in [6, 6.07) is 3.97. The van der Waals surface area contributed by atoms with Gasteiger partial charge in [0.2, 0.25) is 0 Å². The third-order valence-electron chi connectivity index (χ3n) is 4.08. The summed E-state index contributed by atoms with van der Waals surface area (Å²) < 4.78 is 13.4. The van der Waals surface area contributed by atoms with Gasteiger partial charge in [-0.3, -0.25) is 10.1 Å². The van der Waals surface area contributed by atoms with Crippen LogP contribution in [0.15, 0.2) is 18.2 Å². The number of fused-ring (bicyclic) bond motifs is 2. The monoisotopic (exact) mass is 265 g/mol. The minimum Gasteiger partial charge on any atom is -0.382 e. The van der Waals surface area contributed by atoms with Crippen molar-refractivity contribution in [1.82, 2.24) is 4.90 Å². The van der Waals surface area contributed by atoms with E-state index in [0.717, 1.165) is 38.5 Å². The molecule has 3 atom stereocenters. The average Bonchev–Trinajstić information content (AvgIpc) is 2.75. The predicted octanol–water partition coefficient (Wildman–Crippen LogP) is 2.24. The van der Waals surface area contributed by atoms with Crippen LogP contribution in [0.5, 0.6) is 0 Å². The molecule has 3 rings (SSSR count). The number of halogens is 1. The standard InChI is InChI=1S/C13H16FN3O2/c14-10-5-11(7-12(6-10)17(18)19)15-13-2-4-16-3-1-9(13)8-16/h5-7,9,13,15H,1-4,8H2. The Balaban J connectivity index is 1.77. The van der Waals surface area contributed by atoms with Crippen molar-refractivity contribution in [2.24, 2.45) is 5.92 Å². The van der Waals surface area contributed by atoms with Gasteiger partial charge in [0.25, 0.3) is 5.69 Å². The maximum atomic E-state index is 13.4. The first-order valence-corrected chi connectivity index (χ1v) is 6.56. The summed E-state index contributed by atoms with van der Waals surface area (Å²) in [7, 11) is 0. The third-order valence-corrected chi connectivity index (χ3v) is 4.08. The Labute approximate surface area is 110 Å². The Hall–Kier alpha value is -1.69. The number of hydrogen-bond donors (Lipinski definition) is 1. The molecule has 0 radical (unpaired) electrons. The van der Waals surface area contributed by atoms with Crippen LogP contribution in [-0.4, -0.2) is 35.5 Å². The number of hydrogen-bond acceptors (Lipinski definition) is 4. The normalized spacial score (nSPS) is 29.2. The minimum absolute atomic E-state index is 0.202. The van der Waals surface area contributed by atoms with Crippen LogP contribution in [0, 0.1) is 21.8 Å². The van der Waals surface area contributed by atoms with Crippen LogP contribution in [0.1, 0.15) is 12.8 Å². The van der Waals surface area contributed by atoms with Gasteiger partial charge in [-0.15, -0.1) is 0 Å². The van der Waals surface area contributed by atoms with Crippen LogP contribution in [0.3, 0.4) is 0 Å². The van der Waals surface area contributed by atoms with Gasteiger partial charge in [-0.25, -0.2) is 4.39 Å². The largest absolute Gasteiger partial charge is 0.382 e. The molecule has 0 aliphatic carbocycles. The molecule has 19 heavy (non-hydrogen) atoms. The van der Waals surface area contributed by atoms with E-state index in [9.17, 15) is 14.5 Å². The molecule has 0 spiro atoms. The number of nitrogens with zero attached hydrogens (tertiary/aromatic N) is 2. The lowest BCUT2D eigenvalue weighted by molar-refractivity contribution is -0.385. The molecular formula is C13H16FN3O2. The SMILES string of the molecule is O=[N+]([O-])c1cc(F)cc(NC2CCN3CCC2C3)c1. The summed E-state index contributed by atoms with van der Waals surface area (Å²) in [6.07, 6.45) is 2.16. The zero-order chi connectivity index (χ0) is 13.4. The predicted molar refractivity (Wildman–Crippen MR) is 69.6 cm³/mol. The first-order chi connectivity index (χ1) is 9.11. The number of anilines is 1. The van der Waals surface area contributed by atoms with Crippen molar-refractivity contribution < 1.29 is 9.31 Å². The van der Waals surface area contributed by atoms with Gasteiger partial charge in [-0.05, 0) is 31.4 Å². The molecule has 5 nitrogen and oxygen atoms in total. The van der Waals surface area contributed by atoms with Gasteiger partial charge in [-0.1, -0.05) is 0 Å². The molecular weight excluding hydrogens is 249 g/mol. The van der Waals surface area contributed by atoms with Gasteiger partial charge in [0.15, 0.2) is 0 Å². The van der Waals surface area contributed by atoms with Gasteiger partial charge in [0, 0.05) is 30.9 Å². The maximum Gasteiger partial charge on any atom is 0.274 e. The highest BCUT2D eigenvalue weighted by molar-refractivity contribution is 5.52. The minimum atomic E-state index is -0.569. The number of piperidine rings is 1. The van der Waals surface area contributed by atoms with E-state index < -0.39 is 10.7 Å². The molecule has 3 unspecified atom stereocenters. The van der Waals surface area contributed by atoms with E-state index in [4.69, 9.17) is 0 Å². The fourth-order valence-corrected chi connectivity index (χ4v) is 3.12. The van der Waals surface area contributed by atoms with E-state index in [1.165, 1.54) is 12.1 Å². The Morgan fingerprint density at radius 2 is 2.11 bits per heavy atom. The lowest BCUT2D eigenvalue weighted by atomic mass is 9.94. The van der Waals surface area contributed by atoms with Crippen LogP contribution < -0.4 is 5.32 Å². The molecule has 2 saturated heterocycles. The van der Waals surface area contributed by atoms with E-state index in [1.54, 1.807) is 0 Å². The Kier molecular flexibility index (Phi) is 3.10. The molecule has 1 aromatic rings. The second-order valence-corrected chi connectivity index (χ2v) is 5.34. The van der Waals surface area contributed by atoms with Crippen molar-refractivity contribution in [1.29, 1.82) is 0 Å². The number of nitro groups is 1. The van der Waals surface area contributed by atoms with Crippen molar-refractivity contribution in [3.05, 3.63) is 34.1 Å². The molecule has 1 N–H and O–H groups in total. The molecule has 2 aliphatic heterocycles.